The van der Waals surface area contributed by atoms with Gasteiger partial charge in [0, 0.05) is 26.8 Å². The molecular weight excluding hydrogens is 356 g/mol. The van der Waals surface area contributed by atoms with Gasteiger partial charge in [-0.15, -0.1) is 0 Å². The van der Waals surface area contributed by atoms with Gasteiger partial charge in [-0.05, 0) is 30.2 Å². The maximum atomic E-state index is 12.6. The first kappa shape index (κ1) is 19.9. The molecule has 3 N–H and O–H groups in total. The number of hydrogen-bond donors (Lipinski definition) is 3. The van der Waals surface area contributed by atoms with Crippen LogP contribution >= 0.6 is 0 Å². The first-order valence-corrected chi connectivity index (χ1v) is 9.56. The van der Waals surface area contributed by atoms with Gasteiger partial charge in [0.05, 0.1) is 11.3 Å². The lowest BCUT2D eigenvalue weighted by Gasteiger charge is -2.14. The molecule has 140 valence electrons. The minimum absolute atomic E-state index is 0.0903. The summed E-state index contributed by atoms with van der Waals surface area (Å²) >= 11 is 0. The largest absolute Gasteiger partial charge is 0.478 e. The van der Waals surface area contributed by atoms with E-state index in [-0.39, 0.29) is 17.0 Å². The molecule has 7 nitrogen and oxygen atoms in total. The average molecular weight is 378 g/mol. The third-order valence-electron chi connectivity index (χ3n) is 3.66. The van der Waals surface area contributed by atoms with Crippen LogP contribution in [0.5, 0.6) is 0 Å². The summed E-state index contributed by atoms with van der Waals surface area (Å²) in [5.41, 5.74) is 1.23. The number of carbonyl (C=O) groups is 1. The number of methoxy groups -OCH3 is 1. The highest BCUT2D eigenvalue weighted by Gasteiger charge is 2.20. The normalized spacial score (nSPS) is 11.3. The zero-order valence-corrected chi connectivity index (χ0v) is 15.3. The number of sulfonamides is 1. The molecule has 0 aliphatic heterocycles. The Kier molecular flexibility index (Phi) is 7.14. The van der Waals surface area contributed by atoms with Crippen molar-refractivity contribution >= 4 is 21.7 Å². The lowest BCUT2D eigenvalue weighted by molar-refractivity contribution is 0.0696. The van der Waals surface area contributed by atoms with Crippen LogP contribution in [0.15, 0.2) is 53.4 Å². The molecule has 0 amide bonds. The third kappa shape index (κ3) is 5.55. The minimum Gasteiger partial charge on any atom is -0.478 e. The fraction of sp³-hybridized carbons (Fsp3) is 0.278. The fourth-order valence-corrected chi connectivity index (χ4v) is 3.60. The zero-order valence-electron chi connectivity index (χ0n) is 14.4. The van der Waals surface area contributed by atoms with Gasteiger partial charge in [0.25, 0.3) is 0 Å². The molecule has 0 unspecified atom stereocenters. The second-order valence-corrected chi connectivity index (χ2v) is 7.33. The van der Waals surface area contributed by atoms with E-state index in [0.717, 1.165) is 11.6 Å². The third-order valence-corrected chi connectivity index (χ3v) is 5.16. The van der Waals surface area contributed by atoms with E-state index in [1.807, 2.05) is 30.3 Å². The monoisotopic (exact) mass is 378 g/mol. The van der Waals surface area contributed by atoms with Gasteiger partial charge >= 0.3 is 5.97 Å². The summed E-state index contributed by atoms with van der Waals surface area (Å²) in [7, 11) is -2.33. The van der Waals surface area contributed by atoms with Gasteiger partial charge in [-0.25, -0.2) is 17.9 Å². The van der Waals surface area contributed by atoms with Crippen molar-refractivity contribution in [3.63, 3.8) is 0 Å². The molecule has 0 spiro atoms. The second kappa shape index (κ2) is 9.33. The van der Waals surface area contributed by atoms with Crippen molar-refractivity contribution in [3.05, 3.63) is 59.7 Å². The standard InChI is InChI=1S/C18H22N2O5S/c1-25-11-5-10-20-26(23,24)17-12-15(18(21)22)8-9-16(17)19-13-14-6-3-2-4-7-14/h2-4,6-9,12,19-20H,5,10-11,13H2,1H3,(H,21,22). The predicted molar refractivity (Wildman–Crippen MR) is 98.9 cm³/mol. The van der Waals surface area contributed by atoms with E-state index in [9.17, 15) is 13.2 Å². The highest BCUT2D eigenvalue weighted by atomic mass is 32.2. The van der Waals surface area contributed by atoms with Crippen LogP contribution in [-0.4, -0.2) is 39.8 Å². The number of anilines is 1. The molecule has 0 heterocycles. The number of nitrogens with one attached hydrogen (secondary N) is 2. The lowest BCUT2D eigenvalue weighted by atomic mass is 10.2. The van der Waals surface area contributed by atoms with Gasteiger partial charge in [-0.2, -0.15) is 0 Å². The molecule has 0 fully saturated rings. The Hall–Kier alpha value is -2.42. The SMILES string of the molecule is COCCCNS(=O)(=O)c1cc(C(=O)O)ccc1NCc1ccccc1. The summed E-state index contributed by atoms with van der Waals surface area (Å²) in [5.74, 6) is -1.18. The maximum Gasteiger partial charge on any atom is 0.335 e. The summed E-state index contributed by atoms with van der Waals surface area (Å²) in [5, 5.41) is 12.2. The second-order valence-electron chi connectivity index (χ2n) is 5.60. The molecule has 0 radical (unpaired) electrons. The van der Waals surface area contributed by atoms with Crippen LogP contribution in [0, 0.1) is 0 Å². The van der Waals surface area contributed by atoms with Crippen LogP contribution < -0.4 is 10.0 Å². The van der Waals surface area contributed by atoms with Crippen molar-refractivity contribution in [2.24, 2.45) is 0 Å². The molecule has 0 bridgehead atoms. The Bertz CT molecular complexity index is 838. The molecule has 0 atom stereocenters. The molecule has 0 saturated carbocycles. The lowest BCUT2D eigenvalue weighted by Crippen LogP contribution is -2.26. The zero-order chi connectivity index (χ0) is 19.0. The summed E-state index contributed by atoms with van der Waals surface area (Å²) < 4.78 is 32.6. The average Bonchev–Trinajstić information content (AvgIpc) is 2.64. The van der Waals surface area contributed by atoms with Crippen molar-refractivity contribution in [1.29, 1.82) is 0 Å². The minimum atomic E-state index is -3.86. The van der Waals surface area contributed by atoms with Crippen LogP contribution in [0.4, 0.5) is 5.69 Å². The van der Waals surface area contributed by atoms with E-state index in [2.05, 4.69) is 10.0 Å². The van der Waals surface area contributed by atoms with Crippen molar-refractivity contribution in [2.45, 2.75) is 17.9 Å². The van der Waals surface area contributed by atoms with Crippen molar-refractivity contribution in [3.8, 4) is 0 Å². The van der Waals surface area contributed by atoms with Crippen molar-refractivity contribution in [2.75, 3.05) is 25.6 Å². The summed E-state index contributed by atoms with van der Waals surface area (Å²) in [6.45, 7) is 1.04. The number of hydrogen-bond acceptors (Lipinski definition) is 5. The van der Waals surface area contributed by atoms with Crippen molar-refractivity contribution < 1.29 is 23.1 Å². The summed E-state index contributed by atoms with van der Waals surface area (Å²) in [6, 6.07) is 13.5. The number of rotatable bonds is 10. The molecule has 2 rings (SSSR count). The van der Waals surface area contributed by atoms with Gasteiger partial charge in [0.2, 0.25) is 10.0 Å². The maximum absolute atomic E-state index is 12.6. The van der Waals surface area contributed by atoms with Gasteiger partial charge in [0.15, 0.2) is 0 Å². The first-order valence-electron chi connectivity index (χ1n) is 8.08. The van der Waals surface area contributed by atoms with Gasteiger partial charge in [-0.3, -0.25) is 0 Å². The van der Waals surface area contributed by atoms with Crippen molar-refractivity contribution in [1.82, 2.24) is 4.72 Å². The highest BCUT2D eigenvalue weighted by molar-refractivity contribution is 7.89. The number of aromatic carboxylic acids is 1. The Labute approximate surface area is 153 Å². The van der Waals surface area contributed by atoms with E-state index < -0.39 is 16.0 Å². The van der Waals surface area contributed by atoms with Gasteiger partial charge in [-0.1, -0.05) is 30.3 Å². The van der Waals surface area contributed by atoms with E-state index in [1.54, 1.807) is 0 Å². The van der Waals surface area contributed by atoms with Gasteiger partial charge in [0.1, 0.15) is 4.90 Å². The molecule has 0 aromatic heterocycles. The molecule has 26 heavy (non-hydrogen) atoms. The van der Waals surface area contributed by atoms with Crippen LogP contribution in [0.3, 0.4) is 0 Å². The van der Waals surface area contributed by atoms with Gasteiger partial charge < -0.3 is 15.2 Å². The van der Waals surface area contributed by atoms with Crippen LogP contribution in [0.25, 0.3) is 0 Å². The molecule has 2 aromatic carbocycles. The summed E-state index contributed by atoms with van der Waals surface area (Å²) in [4.78, 5) is 11.1. The molecule has 0 saturated heterocycles. The summed E-state index contributed by atoms with van der Waals surface area (Å²) in [6.07, 6.45) is 0.515. The first-order chi connectivity index (χ1) is 12.4. The van der Waals surface area contributed by atoms with E-state index in [1.165, 1.54) is 19.2 Å². The number of benzene rings is 2. The van der Waals surface area contributed by atoms with Crippen LogP contribution in [0.2, 0.25) is 0 Å². The van der Waals surface area contributed by atoms with E-state index >= 15 is 0 Å². The van der Waals surface area contributed by atoms with E-state index in [0.29, 0.717) is 25.3 Å². The molecule has 0 aliphatic rings. The highest BCUT2D eigenvalue weighted by Crippen LogP contribution is 2.23. The molecule has 8 heteroatoms. The Morgan fingerprint density at radius 1 is 1.15 bits per heavy atom. The van der Waals surface area contributed by atoms with Crippen LogP contribution in [-0.2, 0) is 21.3 Å². The smallest absolute Gasteiger partial charge is 0.335 e. The number of carboxylic acids is 1. The molecule has 2 aromatic rings. The Morgan fingerprint density at radius 3 is 2.54 bits per heavy atom. The predicted octanol–water partition coefficient (Wildman–Crippen LogP) is 2.31. The number of carboxylic acid groups (broad SMARTS) is 1. The molecule has 0 aliphatic carbocycles. The quantitative estimate of drug-likeness (QED) is 0.548. The van der Waals surface area contributed by atoms with Crippen LogP contribution in [0.1, 0.15) is 22.3 Å². The Morgan fingerprint density at radius 2 is 1.88 bits per heavy atom. The topological polar surface area (TPSA) is 105 Å². The molecular formula is C18H22N2O5S. The Balaban J connectivity index is 2.25. The van der Waals surface area contributed by atoms with E-state index in [4.69, 9.17) is 9.84 Å². The fourth-order valence-electron chi connectivity index (χ4n) is 2.32. The number of ether oxygens (including phenoxy) is 1.